The molecule has 1 amide bonds. The van der Waals surface area contributed by atoms with E-state index in [1.807, 2.05) is 43.3 Å². The number of aryl methyl sites for hydroxylation is 2. The Hall–Kier alpha value is -3.34. The van der Waals surface area contributed by atoms with Crippen molar-refractivity contribution in [3.05, 3.63) is 83.7 Å². The zero-order valence-electron chi connectivity index (χ0n) is 16.9. The molecule has 1 aliphatic heterocycles. The van der Waals surface area contributed by atoms with E-state index in [9.17, 15) is 4.79 Å². The molecule has 2 aromatic carbocycles. The van der Waals surface area contributed by atoms with E-state index in [1.165, 1.54) is 11.3 Å². The van der Waals surface area contributed by atoms with Crippen molar-refractivity contribution >= 4 is 23.0 Å². The van der Waals surface area contributed by atoms with Crippen molar-refractivity contribution in [2.24, 2.45) is 0 Å². The van der Waals surface area contributed by atoms with Gasteiger partial charge in [-0.1, -0.05) is 24.3 Å². The van der Waals surface area contributed by atoms with Crippen molar-refractivity contribution in [1.29, 1.82) is 0 Å². The van der Waals surface area contributed by atoms with Crippen LogP contribution in [0.4, 0.5) is 17.1 Å². The van der Waals surface area contributed by atoms with Gasteiger partial charge in [0.05, 0.1) is 0 Å². The highest BCUT2D eigenvalue weighted by molar-refractivity contribution is 6.03. The molecule has 1 N–H and O–H groups in total. The lowest BCUT2D eigenvalue weighted by Crippen LogP contribution is -2.46. The smallest absolute Gasteiger partial charge is 0.274 e. The van der Waals surface area contributed by atoms with Gasteiger partial charge in [0.25, 0.3) is 5.91 Å². The van der Waals surface area contributed by atoms with Gasteiger partial charge >= 0.3 is 0 Å². The lowest BCUT2D eigenvalue weighted by atomic mass is 10.1. The lowest BCUT2D eigenvalue weighted by Gasteiger charge is -2.37. The highest BCUT2D eigenvalue weighted by Crippen LogP contribution is 2.21. The molecule has 0 aliphatic carbocycles. The fourth-order valence-electron chi connectivity index (χ4n) is 3.62. The quantitative estimate of drug-likeness (QED) is 0.727. The normalized spacial score (nSPS) is 14.0. The number of rotatable bonds is 4. The number of aromatic nitrogens is 1. The first-order valence-corrected chi connectivity index (χ1v) is 10.00. The fourth-order valence-corrected chi connectivity index (χ4v) is 3.62. The summed E-state index contributed by atoms with van der Waals surface area (Å²) in [4.78, 5) is 21.7. The Bertz CT molecular complexity index is 995. The van der Waals surface area contributed by atoms with Crippen LogP contribution < -0.4 is 15.1 Å². The van der Waals surface area contributed by atoms with E-state index in [2.05, 4.69) is 51.3 Å². The van der Waals surface area contributed by atoms with Crippen molar-refractivity contribution in [3.63, 3.8) is 0 Å². The van der Waals surface area contributed by atoms with Crippen LogP contribution in [0.25, 0.3) is 0 Å². The first kappa shape index (κ1) is 19.0. The van der Waals surface area contributed by atoms with Crippen molar-refractivity contribution in [2.45, 2.75) is 13.8 Å². The van der Waals surface area contributed by atoms with E-state index in [-0.39, 0.29) is 5.91 Å². The van der Waals surface area contributed by atoms with E-state index >= 15 is 0 Å². The minimum absolute atomic E-state index is 0.182. The van der Waals surface area contributed by atoms with Crippen LogP contribution in [0.1, 0.15) is 21.6 Å². The summed E-state index contributed by atoms with van der Waals surface area (Å²) in [5.41, 5.74) is 5.89. The molecule has 4 rings (SSSR count). The number of pyridine rings is 1. The van der Waals surface area contributed by atoms with E-state index in [0.29, 0.717) is 5.69 Å². The molecule has 148 valence electrons. The molecule has 0 atom stereocenters. The molecule has 0 saturated carbocycles. The zero-order chi connectivity index (χ0) is 20.2. The third-order valence-corrected chi connectivity index (χ3v) is 5.51. The van der Waals surface area contributed by atoms with Gasteiger partial charge in [0.15, 0.2) is 0 Å². The maximum absolute atomic E-state index is 12.7. The predicted octanol–water partition coefficient (Wildman–Crippen LogP) is 4.28. The minimum Gasteiger partial charge on any atom is -0.368 e. The van der Waals surface area contributed by atoms with Gasteiger partial charge in [-0.05, 0) is 61.4 Å². The Balaban J connectivity index is 1.42. The number of carbonyl (C=O) groups excluding carboxylic acids is 1. The number of nitrogens with one attached hydrogen (secondary N) is 1. The Morgan fingerprint density at radius 2 is 1.52 bits per heavy atom. The van der Waals surface area contributed by atoms with E-state index in [1.54, 1.807) is 6.20 Å². The van der Waals surface area contributed by atoms with Crippen LogP contribution in [0.5, 0.6) is 0 Å². The summed E-state index contributed by atoms with van der Waals surface area (Å²) < 4.78 is 0. The lowest BCUT2D eigenvalue weighted by molar-refractivity contribution is 0.102. The molecule has 0 bridgehead atoms. The van der Waals surface area contributed by atoms with Crippen LogP contribution in [-0.4, -0.2) is 37.1 Å². The fraction of sp³-hybridized carbons (Fsp3) is 0.250. The molecule has 29 heavy (non-hydrogen) atoms. The summed E-state index contributed by atoms with van der Waals surface area (Å²) in [5, 5.41) is 2.96. The van der Waals surface area contributed by atoms with Crippen LogP contribution >= 0.6 is 0 Å². The van der Waals surface area contributed by atoms with Crippen LogP contribution in [0.2, 0.25) is 0 Å². The molecule has 5 nitrogen and oxygen atoms in total. The summed E-state index contributed by atoms with van der Waals surface area (Å²) in [6.07, 6.45) is 1.72. The standard InChI is InChI=1S/C24H26N4O/c1-18-8-9-20(16-19(18)2)26-24(29)23-17-22(10-11-25-23)28-14-12-27(13-15-28)21-6-4-3-5-7-21/h3-11,16-17H,12-15H2,1-2H3,(H,26,29). The van der Waals surface area contributed by atoms with Crippen LogP contribution in [0.3, 0.4) is 0 Å². The molecule has 0 spiro atoms. The highest BCUT2D eigenvalue weighted by atomic mass is 16.1. The summed E-state index contributed by atoms with van der Waals surface area (Å²) in [6.45, 7) is 7.84. The Kier molecular flexibility index (Phi) is 5.47. The van der Waals surface area contributed by atoms with Crippen molar-refractivity contribution in [1.82, 2.24) is 4.98 Å². The van der Waals surface area contributed by atoms with Gasteiger partial charge < -0.3 is 15.1 Å². The van der Waals surface area contributed by atoms with E-state index in [0.717, 1.165) is 43.1 Å². The average Bonchev–Trinajstić information content (AvgIpc) is 2.77. The number of carbonyl (C=O) groups is 1. The Morgan fingerprint density at radius 3 is 2.21 bits per heavy atom. The largest absolute Gasteiger partial charge is 0.368 e. The molecule has 1 saturated heterocycles. The van der Waals surface area contributed by atoms with Gasteiger partial charge in [-0.2, -0.15) is 0 Å². The van der Waals surface area contributed by atoms with Gasteiger partial charge in [0.1, 0.15) is 5.69 Å². The van der Waals surface area contributed by atoms with Gasteiger partial charge in [-0.3, -0.25) is 9.78 Å². The highest BCUT2D eigenvalue weighted by Gasteiger charge is 2.19. The van der Waals surface area contributed by atoms with E-state index < -0.39 is 0 Å². The van der Waals surface area contributed by atoms with Crippen LogP contribution in [-0.2, 0) is 0 Å². The second-order valence-electron chi connectivity index (χ2n) is 7.46. The molecule has 5 heteroatoms. The summed E-state index contributed by atoms with van der Waals surface area (Å²) >= 11 is 0. The molecule has 1 fully saturated rings. The SMILES string of the molecule is Cc1ccc(NC(=O)c2cc(N3CCN(c4ccccc4)CC3)ccn2)cc1C. The van der Waals surface area contributed by atoms with E-state index in [4.69, 9.17) is 0 Å². The summed E-state index contributed by atoms with van der Waals surface area (Å²) in [5.74, 6) is -0.182. The third kappa shape index (κ3) is 4.40. The monoisotopic (exact) mass is 386 g/mol. The molecule has 3 aromatic rings. The number of hydrogen-bond donors (Lipinski definition) is 1. The van der Waals surface area contributed by atoms with Gasteiger partial charge in [0, 0.05) is 49.4 Å². The number of para-hydroxylation sites is 1. The van der Waals surface area contributed by atoms with Crippen molar-refractivity contribution in [2.75, 3.05) is 41.3 Å². The number of piperazine rings is 1. The first-order valence-electron chi connectivity index (χ1n) is 10.00. The number of hydrogen-bond acceptors (Lipinski definition) is 4. The summed E-state index contributed by atoms with van der Waals surface area (Å²) in [7, 11) is 0. The number of amides is 1. The maximum atomic E-state index is 12.7. The molecule has 0 radical (unpaired) electrons. The predicted molar refractivity (Wildman–Crippen MR) is 119 cm³/mol. The average molecular weight is 386 g/mol. The van der Waals surface area contributed by atoms with Crippen LogP contribution in [0.15, 0.2) is 66.9 Å². The molecule has 1 aromatic heterocycles. The van der Waals surface area contributed by atoms with Crippen molar-refractivity contribution < 1.29 is 4.79 Å². The second-order valence-corrected chi connectivity index (χ2v) is 7.46. The minimum atomic E-state index is -0.182. The molecule has 0 unspecified atom stereocenters. The van der Waals surface area contributed by atoms with Crippen molar-refractivity contribution in [3.8, 4) is 0 Å². The Morgan fingerprint density at radius 1 is 0.828 bits per heavy atom. The second kappa shape index (κ2) is 8.35. The number of anilines is 3. The molecular formula is C24H26N4O. The first-order chi connectivity index (χ1) is 14.1. The third-order valence-electron chi connectivity index (χ3n) is 5.51. The Labute approximate surface area is 172 Å². The van der Waals surface area contributed by atoms with Crippen LogP contribution in [0, 0.1) is 13.8 Å². The molecular weight excluding hydrogens is 360 g/mol. The molecule has 2 heterocycles. The topological polar surface area (TPSA) is 48.5 Å². The summed E-state index contributed by atoms with van der Waals surface area (Å²) in [6, 6.07) is 20.3. The number of nitrogens with zero attached hydrogens (tertiary/aromatic N) is 3. The number of benzene rings is 2. The van der Waals surface area contributed by atoms with Gasteiger partial charge in [-0.15, -0.1) is 0 Å². The zero-order valence-corrected chi connectivity index (χ0v) is 16.9. The van der Waals surface area contributed by atoms with Gasteiger partial charge in [0.2, 0.25) is 0 Å². The van der Waals surface area contributed by atoms with Gasteiger partial charge in [-0.25, -0.2) is 0 Å². The maximum Gasteiger partial charge on any atom is 0.274 e. The molecule has 1 aliphatic rings.